The van der Waals surface area contributed by atoms with Crippen molar-refractivity contribution < 1.29 is 13.3 Å². The number of benzene rings is 1. The highest BCUT2D eigenvalue weighted by Gasteiger charge is 2.21. The minimum Gasteiger partial charge on any atom is -0.375 e. The molecule has 1 aromatic rings. The third-order valence-corrected chi connectivity index (χ3v) is 4.52. The first-order valence-electron chi connectivity index (χ1n) is 6.17. The van der Waals surface area contributed by atoms with Gasteiger partial charge in [0.05, 0.1) is 29.3 Å². The van der Waals surface area contributed by atoms with Crippen molar-refractivity contribution in [2.75, 3.05) is 32.0 Å². The molecule has 0 bridgehead atoms. The predicted molar refractivity (Wildman–Crippen MR) is 69.5 cm³/mol. The molecule has 0 spiro atoms. The Morgan fingerprint density at radius 2 is 2.39 bits per heavy atom. The number of hydrogen-bond donors (Lipinski definition) is 0. The van der Waals surface area contributed by atoms with Gasteiger partial charge in [-0.25, -0.2) is 4.39 Å². The second kappa shape index (κ2) is 6.41. The summed E-state index contributed by atoms with van der Waals surface area (Å²) in [5, 5.41) is 0. The molecule has 0 radical (unpaired) electrons. The average molecular weight is 271 g/mol. The van der Waals surface area contributed by atoms with Crippen molar-refractivity contribution in [1.82, 2.24) is 4.90 Å². The summed E-state index contributed by atoms with van der Waals surface area (Å²) in [5.41, 5.74) is 0. The smallest absolute Gasteiger partial charge is 0.124 e. The van der Waals surface area contributed by atoms with Crippen LogP contribution < -0.4 is 0 Å². The lowest BCUT2D eigenvalue weighted by molar-refractivity contribution is -0.0141. The lowest BCUT2D eigenvalue weighted by Gasteiger charge is -2.31. The van der Waals surface area contributed by atoms with Crippen LogP contribution in [0, 0.1) is 5.82 Å². The van der Waals surface area contributed by atoms with Gasteiger partial charge in [0.1, 0.15) is 5.82 Å². The molecule has 1 aromatic carbocycles. The van der Waals surface area contributed by atoms with Crippen LogP contribution in [0.25, 0.3) is 0 Å². The number of ether oxygens (including phenoxy) is 1. The van der Waals surface area contributed by atoms with Crippen LogP contribution in [0.3, 0.4) is 0 Å². The van der Waals surface area contributed by atoms with Crippen LogP contribution in [0.5, 0.6) is 0 Å². The molecule has 1 heterocycles. The van der Waals surface area contributed by atoms with E-state index in [0.717, 1.165) is 19.6 Å². The molecule has 3 nitrogen and oxygen atoms in total. The van der Waals surface area contributed by atoms with Gasteiger partial charge in [0.2, 0.25) is 0 Å². The summed E-state index contributed by atoms with van der Waals surface area (Å²) in [4.78, 5) is 2.81. The maximum Gasteiger partial charge on any atom is 0.124 e. The van der Waals surface area contributed by atoms with Gasteiger partial charge in [0.25, 0.3) is 0 Å². The Morgan fingerprint density at radius 3 is 3.11 bits per heavy atom. The van der Waals surface area contributed by atoms with E-state index in [1.54, 1.807) is 12.1 Å². The van der Waals surface area contributed by atoms with Crippen LogP contribution in [-0.4, -0.2) is 47.2 Å². The molecule has 1 fully saturated rings. The Balaban J connectivity index is 1.95. The molecule has 0 N–H and O–H groups in total. The van der Waals surface area contributed by atoms with Crippen molar-refractivity contribution in [3.05, 3.63) is 30.1 Å². The van der Waals surface area contributed by atoms with E-state index < -0.39 is 10.8 Å². The molecule has 0 aromatic heterocycles. The fourth-order valence-electron chi connectivity index (χ4n) is 2.04. The fraction of sp³-hybridized carbons (Fsp3) is 0.538. The molecular formula is C13H18FNO2S. The van der Waals surface area contributed by atoms with Crippen LogP contribution in [0.2, 0.25) is 0 Å². The van der Waals surface area contributed by atoms with Gasteiger partial charge in [0, 0.05) is 18.0 Å². The third kappa shape index (κ3) is 3.60. The standard InChI is InChI=1S/C13H18FNO2S/c1-2-15-6-7-17-12(9-15)10-18(16)13-5-3-4-11(14)8-13/h3-5,8,12H,2,6-7,9-10H2,1H3. The minimum absolute atomic E-state index is 0.0252. The van der Waals surface area contributed by atoms with Gasteiger partial charge in [-0.05, 0) is 24.7 Å². The first-order chi connectivity index (χ1) is 8.69. The first-order valence-corrected chi connectivity index (χ1v) is 7.49. The third-order valence-electron chi connectivity index (χ3n) is 3.07. The van der Waals surface area contributed by atoms with Gasteiger partial charge in [-0.3, -0.25) is 9.11 Å². The zero-order valence-corrected chi connectivity index (χ0v) is 11.3. The van der Waals surface area contributed by atoms with Crippen molar-refractivity contribution >= 4 is 10.8 Å². The lowest BCUT2D eigenvalue weighted by Crippen LogP contribution is -2.44. The summed E-state index contributed by atoms with van der Waals surface area (Å²) in [6.45, 7) is 5.49. The molecule has 1 aliphatic rings. The predicted octanol–water partition coefficient (Wildman–Crippen LogP) is 1.65. The lowest BCUT2D eigenvalue weighted by atomic mass is 10.3. The Labute approximate surface area is 109 Å². The van der Waals surface area contributed by atoms with Gasteiger partial charge in [-0.15, -0.1) is 0 Å². The van der Waals surface area contributed by atoms with Crippen LogP contribution in [0.1, 0.15) is 6.92 Å². The summed E-state index contributed by atoms with van der Waals surface area (Å²) in [6.07, 6.45) is -0.0252. The minimum atomic E-state index is -1.20. The largest absolute Gasteiger partial charge is 0.375 e. The molecule has 1 saturated heterocycles. The Hall–Kier alpha value is -0.780. The molecule has 2 unspecified atom stereocenters. The van der Waals surface area contributed by atoms with E-state index in [1.165, 1.54) is 12.1 Å². The molecule has 2 atom stereocenters. The van der Waals surface area contributed by atoms with E-state index in [4.69, 9.17) is 4.74 Å². The number of hydrogen-bond acceptors (Lipinski definition) is 3. The summed E-state index contributed by atoms with van der Waals surface area (Å²) in [5.74, 6) is 0.0838. The fourth-order valence-corrected chi connectivity index (χ4v) is 3.25. The van der Waals surface area contributed by atoms with E-state index in [-0.39, 0.29) is 11.9 Å². The number of morpholine rings is 1. The SMILES string of the molecule is CCN1CCOC(CS(=O)c2cccc(F)c2)C1. The van der Waals surface area contributed by atoms with Gasteiger partial charge in [-0.1, -0.05) is 13.0 Å². The van der Waals surface area contributed by atoms with Crippen molar-refractivity contribution in [3.8, 4) is 0 Å². The maximum absolute atomic E-state index is 13.0. The van der Waals surface area contributed by atoms with E-state index in [9.17, 15) is 8.60 Å². The zero-order chi connectivity index (χ0) is 13.0. The van der Waals surface area contributed by atoms with Crippen LogP contribution in [0.15, 0.2) is 29.2 Å². The van der Waals surface area contributed by atoms with Crippen LogP contribution in [-0.2, 0) is 15.5 Å². The highest BCUT2D eigenvalue weighted by atomic mass is 32.2. The highest BCUT2D eigenvalue weighted by molar-refractivity contribution is 7.85. The van der Waals surface area contributed by atoms with Crippen molar-refractivity contribution in [3.63, 3.8) is 0 Å². The molecule has 2 rings (SSSR count). The summed E-state index contributed by atoms with van der Waals surface area (Å²) >= 11 is 0. The van der Waals surface area contributed by atoms with Crippen LogP contribution in [0.4, 0.5) is 4.39 Å². The van der Waals surface area contributed by atoms with Gasteiger partial charge >= 0.3 is 0 Å². The molecule has 100 valence electrons. The topological polar surface area (TPSA) is 29.5 Å². The quantitative estimate of drug-likeness (QED) is 0.834. The number of halogens is 1. The van der Waals surface area contributed by atoms with Gasteiger partial charge in [-0.2, -0.15) is 0 Å². The monoisotopic (exact) mass is 271 g/mol. The van der Waals surface area contributed by atoms with E-state index >= 15 is 0 Å². The maximum atomic E-state index is 13.0. The number of nitrogens with zero attached hydrogens (tertiary/aromatic N) is 1. The van der Waals surface area contributed by atoms with Gasteiger partial charge < -0.3 is 4.74 Å². The molecule has 0 aliphatic carbocycles. The van der Waals surface area contributed by atoms with Gasteiger partial charge in [0.15, 0.2) is 0 Å². The summed E-state index contributed by atoms with van der Waals surface area (Å²) < 4.78 is 30.8. The molecule has 0 amide bonds. The zero-order valence-electron chi connectivity index (χ0n) is 10.5. The second-order valence-corrected chi connectivity index (χ2v) is 5.85. The van der Waals surface area contributed by atoms with E-state index in [1.807, 2.05) is 0 Å². The average Bonchev–Trinajstić information content (AvgIpc) is 2.39. The molecule has 1 aliphatic heterocycles. The molecular weight excluding hydrogens is 253 g/mol. The van der Waals surface area contributed by atoms with E-state index in [0.29, 0.717) is 17.3 Å². The van der Waals surface area contributed by atoms with Crippen molar-refractivity contribution in [2.24, 2.45) is 0 Å². The Morgan fingerprint density at radius 1 is 1.56 bits per heavy atom. The van der Waals surface area contributed by atoms with Crippen LogP contribution >= 0.6 is 0 Å². The second-order valence-electron chi connectivity index (χ2n) is 4.36. The Kier molecular flexibility index (Phi) is 4.86. The molecule has 18 heavy (non-hydrogen) atoms. The molecule has 5 heteroatoms. The summed E-state index contributed by atoms with van der Waals surface area (Å²) in [6, 6.07) is 5.97. The number of rotatable bonds is 4. The first kappa shape index (κ1) is 13.6. The Bertz CT molecular complexity index is 427. The summed E-state index contributed by atoms with van der Waals surface area (Å²) in [7, 11) is -1.20. The van der Waals surface area contributed by atoms with Crippen molar-refractivity contribution in [2.45, 2.75) is 17.9 Å². The highest BCUT2D eigenvalue weighted by Crippen LogP contribution is 2.13. The number of likely N-dealkylation sites (N-methyl/N-ethyl adjacent to an activating group) is 1. The van der Waals surface area contributed by atoms with E-state index in [2.05, 4.69) is 11.8 Å². The van der Waals surface area contributed by atoms with Crippen molar-refractivity contribution in [1.29, 1.82) is 0 Å². The normalized spacial score (nSPS) is 22.9. The molecule has 0 saturated carbocycles.